The van der Waals surface area contributed by atoms with E-state index in [1.165, 1.54) is 18.0 Å². The van der Waals surface area contributed by atoms with E-state index in [1.54, 1.807) is 6.08 Å². The van der Waals surface area contributed by atoms with Gasteiger partial charge in [0.15, 0.2) is 0 Å². The number of nitrogens with zero attached hydrogens (tertiary/aromatic N) is 1. The Balaban J connectivity index is 1.93. The average molecular weight is 244 g/mol. The first-order chi connectivity index (χ1) is 7.83. The summed E-state index contributed by atoms with van der Waals surface area (Å²) in [4.78, 5) is 13.5. The normalized spacial score (nSPS) is 17.8. The highest BCUT2D eigenvalue weighted by Crippen LogP contribution is 2.02. The van der Waals surface area contributed by atoms with Gasteiger partial charge >= 0.3 is 0 Å². The number of ether oxygens (including phenoxy) is 1. The van der Waals surface area contributed by atoms with E-state index >= 15 is 0 Å². The molecule has 1 fully saturated rings. The van der Waals surface area contributed by atoms with Crippen molar-refractivity contribution >= 4 is 17.9 Å². The van der Waals surface area contributed by atoms with Gasteiger partial charge in [0.2, 0.25) is 0 Å². The summed E-state index contributed by atoms with van der Waals surface area (Å²) in [6.07, 6.45) is 4.37. The third kappa shape index (κ3) is 6.15. The van der Waals surface area contributed by atoms with Crippen LogP contribution in [0, 0.1) is 0 Å². The van der Waals surface area contributed by atoms with Crippen LogP contribution in [-0.2, 0) is 9.53 Å². The van der Waals surface area contributed by atoms with Gasteiger partial charge < -0.3 is 4.74 Å². The van der Waals surface area contributed by atoms with E-state index in [-0.39, 0.29) is 5.91 Å². The lowest BCUT2D eigenvalue weighted by Gasteiger charge is -2.26. The monoisotopic (exact) mass is 244 g/mol. The molecule has 0 aromatic heterocycles. The Morgan fingerprint density at radius 2 is 2.25 bits per heavy atom. The van der Waals surface area contributed by atoms with Crippen LogP contribution in [0.2, 0.25) is 0 Å². The maximum Gasteiger partial charge on any atom is 0.253 e. The smallest absolute Gasteiger partial charge is 0.253 e. The molecule has 92 valence electrons. The zero-order valence-corrected chi connectivity index (χ0v) is 10.6. The summed E-state index contributed by atoms with van der Waals surface area (Å²) < 4.78 is 8.04. The van der Waals surface area contributed by atoms with E-state index in [1.807, 2.05) is 6.92 Å². The second-order valence-electron chi connectivity index (χ2n) is 3.62. The second kappa shape index (κ2) is 8.61. The van der Waals surface area contributed by atoms with E-state index < -0.39 is 0 Å². The number of morpholine rings is 1. The van der Waals surface area contributed by atoms with Crippen LogP contribution in [-0.4, -0.2) is 49.4 Å². The lowest BCUT2D eigenvalue weighted by Crippen LogP contribution is -2.37. The quantitative estimate of drug-likeness (QED) is 0.431. The van der Waals surface area contributed by atoms with Gasteiger partial charge in [0.05, 0.1) is 13.2 Å². The molecule has 1 aliphatic heterocycles. The fourth-order valence-electron chi connectivity index (χ4n) is 1.49. The third-order valence-electron chi connectivity index (χ3n) is 2.32. The first kappa shape index (κ1) is 13.5. The molecule has 0 aliphatic carbocycles. The van der Waals surface area contributed by atoms with E-state index in [4.69, 9.17) is 4.74 Å². The number of rotatable bonds is 6. The van der Waals surface area contributed by atoms with Gasteiger partial charge in [-0.3, -0.25) is 14.4 Å². The van der Waals surface area contributed by atoms with E-state index in [9.17, 15) is 4.79 Å². The van der Waals surface area contributed by atoms with E-state index in [0.29, 0.717) is 0 Å². The van der Waals surface area contributed by atoms with Gasteiger partial charge in [-0.1, -0.05) is 18.0 Å². The minimum Gasteiger partial charge on any atom is -0.379 e. The number of carbonyl (C=O) groups is 1. The van der Waals surface area contributed by atoms with Gasteiger partial charge in [-0.15, -0.1) is 0 Å². The van der Waals surface area contributed by atoms with Crippen molar-refractivity contribution in [3.63, 3.8) is 0 Å². The predicted molar refractivity (Wildman–Crippen MR) is 67.3 cm³/mol. The first-order valence-corrected chi connectivity index (χ1v) is 6.66. The number of amides is 1. The summed E-state index contributed by atoms with van der Waals surface area (Å²) >= 11 is 1.48. The average Bonchev–Trinajstić information content (AvgIpc) is 2.30. The van der Waals surface area contributed by atoms with Crippen LogP contribution in [0.5, 0.6) is 0 Å². The zero-order chi connectivity index (χ0) is 11.6. The fraction of sp³-hybridized carbons (Fsp3) is 0.727. The standard InChI is InChI=1S/C11H20N2O2S/c1-2-4-11(14)12-16-10-3-5-13-6-8-15-9-7-13/h2,4H,3,5-10H2,1H3,(H,12,14). The molecule has 5 heteroatoms. The van der Waals surface area contributed by atoms with Crippen molar-refractivity contribution in [2.24, 2.45) is 0 Å². The van der Waals surface area contributed by atoms with E-state index in [0.717, 1.165) is 45.0 Å². The number of carbonyl (C=O) groups excluding carboxylic acids is 1. The molecule has 0 unspecified atom stereocenters. The second-order valence-corrected chi connectivity index (χ2v) is 4.52. The maximum atomic E-state index is 11.1. The Labute approximate surface area is 102 Å². The van der Waals surface area contributed by atoms with Crippen molar-refractivity contribution in [3.05, 3.63) is 12.2 Å². The summed E-state index contributed by atoms with van der Waals surface area (Å²) in [5.41, 5.74) is 0. The first-order valence-electron chi connectivity index (χ1n) is 5.67. The van der Waals surface area contributed by atoms with Crippen LogP contribution in [0.25, 0.3) is 0 Å². The molecule has 1 rings (SSSR count). The van der Waals surface area contributed by atoms with E-state index in [2.05, 4.69) is 9.62 Å². The van der Waals surface area contributed by atoms with Gasteiger partial charge in [0, 0.05) is 18.8 Å². The van der Waals surface area contributed by atoms with Crippen LogP contribution in [0.1, 0.15) is 13.3 Å². The summed E-state index contributed by atoms with van der Waals surface area (Å²) in [6, 6.07) is 0. The lowest BCUT2D eigenvalue weighted by atomic mass is 10.4. The molecule has 0 aromatic rings. The molecule has 0 aromatic carbocycles. The number of hydrogen-bond donors (Lipinski definition) is 1. The number of nitrogens with one attached hydrogen (secondary N) is 1. The highest BCUT2D eigenvalue weighted by atomic mass is 32.2. The predicted octanol–water partition coefficient (Wildman–Crippen LogP) is 1.05. The molecule has 0 spiro atoms. The van der Waals surface area contributed by atoms with Crippen molar-refractivity contribution in [2.45, 2.75) is 13.3 Å². The molecule has 0 radical (unpaired) electrons. The highest BCUT2D eigenvalue weighted by Gasteiger charge is 2.08. The van der Waals surface area contributed by atoms with Crippen LogP contribution in [0.15, 0.2) is 12.2 Å². The van der Waals surface area contributed by atoms with Gasteiger partial charge in [-0.2, -0.15) is 0 Å². The Kier molecular flexibility index (Phi) is 7.29. The summed E-state index contributed by atoms with van der Waals surface area (Å²) in [5, 5.41) is 0. The van der Waals surface area contributed by atoms with Crippen molar-refractivity contribution < 1.29 is 9.53 Å². The highest BCUT2D eigenvalue weighted by molar-refractivity contribution is 7.97. The summed E-state index contributed by atoms with van der Waals surface area (Å²) in [6.45, 7) is 6.71. The van der Waals surface area contributed by atoms with Crippen molar-refractivity contribution in [2.75, 3.05) is 38.6 Å². The van der Waals surface area contributed by atoms with Crippen molar-refractivity contribution in [1.29, 1.82) is 0 Å². The Morgan fingerprint density at radius 1 is 1.50 bits per heavy atom. The molecule has 1 N–H and O–H groups in total. The third-order valence-corrected chi connectivity index (χ3v) is 3.15. The molecule has 1 aliphatic rings. The van der Waals surface area contributed by atoms with Crippen molar-refractivity contribution in [3.8, 4) is 0 Å². The van der Waals surface area contributed by atoms with Gasteiger partial charge in [-0.05, 0) is 26.0 Å². The largest absolute Gasteiger partial charge is 0.379 e. The minimum atomic E-state index is -0.0288. The number of hydrogen-bond acceptors (Lipinski definition) is 4. The molecule has 1 heterocycles. The molecule has 16 heavy (non-hydrogen) atoms. The molecule has 0 atom stereocenters. The van der Waals surface area contributed by atoms with Gasteiger partial charge in [-0.25, -0.2) is 0 Å². The lowest BCUT2D eigenvalue weighted by molar-refractivity contribution is -0.114. The SMILES string of the molecule is CC=CC(=O)NSCCCN1CCOCC1. The Bertz CT molecular complexity index is 228. The van der Waals surface area contributed by atoms with Crippen LogP contribution in [0.3, 0.4) is 0 Å². The topological polar surface area (TPSA) is 41.6 Å². The fourth-order valence-corrected chi connectivity index (χ4v) is 2.08. The number of allylic oxidation sites excluding steroid dienone is 1. The van der Waals surface area contributed by atoms with Gasteiger partial charge in [0.25, 0.3) is 5.91 Å². The van der Waals surface area contributed by atoms with Crippen molar-refractivity contribution in [1.82, 2.24) is 9.62 Å². The minimum absolute atomic E-state index is 0.0288. The molecular weight excluding hydrogens is 224 g/mol. The van der Waals surface area contributed by atoms with Crippen LogP contribution < -0.4 is 4.72 Å². The van der Waals surface area contributed by atoms with Crippen LogP contribution in [0.4, 0.5) is 0 Å². The van der Waals surface area contributed by atoms with Gasteiger partial charge in [0.1, 0.15) is 0 Å². The van der Waals surface area contributed by atoms with Crippen LogP contribution >= 0.6 is 11.9 Å². The maximum absolute atomic E-state index is 11.1. The molecule has 4 nitrogen and oxygen atoms in total. The molecule has 1 amide bonds. The summed E-state index contributed by atoms with van der Waals surface area (Å²) in [5.74, 6) is 0.930. The molecule has 0 bridgehead atoms. The molecular formula is C11H20N2O2S. The molecule has 1 saturated heterocycles. The Hall–Kier alpha value is -0.520. The Morgan fingerprint density at radius 3 is 2.94 bits per heavy atom. The molecule has 0 saturated carbocycles. The summed E-state index contributed by atoms with van der Waals surface area (Å²) in [7, 11) is 0. The zero-order valence-electron chi connectivity index (χ0n) is 9.78.